The zero-order valence-corrected chi connectivity index (χ0v) is 25.2. The fourth-order valence-electron chi connectivity index (χ4n) is 5.26. The van der Waals surface area contributed by atoms with E-state index in [1.807, 2.05) is 24.1 Å². The number of piperazine rings is 1. The molecule has 1 fully saturated rings. The van der Waals surface area contributed by atoms with Gasteiger partial charge < -0.3 is 25.2 Å². The fourth-order valence-corrected chi connectivity index (χ4v) is 6.47. The van der Waals surface area contributed by atoms with E-state index in [0.717, 1.165) is 36.9 Å². The first-order chi connectivity index (χ1) is 19.5. The van der Waals surface area contributed by atoms with Gasteiger partial charge >= 0.3 is 0 Å². The van der Waals surface area contributed by atoms with Gasteiger partial charge in [0.1, 0.15) is 10.6 Å². The Balaban J connectivity index is 1.40. The summed E-state index contributed by atoms with van der Waals surface area (Å²) in [6.45, 7) is 6.58. The van der Waals surface area contributed by atoms with Gasteiger partial charge in [0.15, 0.2) is 6.61 Å². The number of hydrogen-bond acceptors (Lipinski definition) is 8. The number of amides is 2. The summed E-state index contributed by atoms with van der Waals surface area (Å²) < 4.78 is 33.7. The first-order valence-corrected chi connectivity index (χ1v) is 15.4. The van der Waals surface area contributed by atoms with E-state index >= 15 is 0 Å². The maximum atomic E-state index is 13.4. The van der Waals surface area contributed by atoms with Crippen LogP contribution in [0.15, 0.2) is 47.4 Å². The molecule has 4 rings (SSSR count). The molecule has 1 saturated heterocycles. The van der Waals surface area contributed by atoms with E-state index in [1.54, 1.807) is 18.2 Å². The number of anilines is 1. The molecule has 0 spiro atoms. The van der Waals surface area contributed by atoms with Gasteiger partial charge in [-0.05, 0) is 36.7 Å². The van der Waals surface area contributed by atoms with E-state index in [4.69, 9.17) is 4.74 Å². The molecule has 0 aliphatic carbocycles. The van der Waals surface area contributed by atoms with Crippen LogP contribution >= 0.6 is 0 Å². The molecule has 41 heavy (non-hydrogen) atoms. The Hall–Kier alpha value is -3.19. The van der Waals surface area contributed by atoms with Crippen LogP contribution in [0.4, 0.5) is 5.69 Å². The van der Waals surface area contributed by atoms with Gasteiger partial charge in [-0.25, -0.2) is 12.7 Å². The predicted octanol–water partition coefficient (Wildman–Crippen LogP) is 0.747. The van der Waals surface area contributed by atoms with Gasteiger partial charge in [-0.1, -0.05) is 30.3 Å². The monoisotopic (exact) mass is 586 g/mol. The number of hydrogen-bond donors (Lipinski definition) is 2. The highest BCUT2D eigenvalue weighted by molar-refractivity contribution is 7.89. The molecule has 0 unspecified atom stereocenters. The Morgan fingerprint density at radius 1 is 1.00 bits per heavy atom. The number of carbonyl (C=O) groups is 2. The number of ether oxygens (including phenoxy) is 1. The molecule has 0 radical (unpaired) electrons. The van der Waals surface area contributed by atoms with E-state index in [-0.39, 0.29) is 35.7 Å². The van der Waals surface area contributed by atoms with Crippen molar-refractivity contribution in [2.24, 2.45) is 0 Å². The van der Waals surface area contributed by atoms with E-state index < -0.39 is 15.9 Å². The SMILES string of the molecule is CC(=O)N[C@H](CNC(=O)COc1cccc(N2CCN(C)CC2)c1S(=O)(=O)N(C)C)CN1CCc2ccccc2C1. The number of sulfonamides is 1. The lowest BCUT2D eigenvalue weighted by molar-refractivity contribution is -0.124. The quantitative estimate of drug-likeness (QED) is 0.397. The number of fused-ring (bicyclic) bond motifs is 1. The van der Waals surface area contributed by atoms with Crippen LogP contribution in [-0.4, -0.2) is 114 Å². The lowest BCUT2D eigenvalue weighted by Crippen LogP contribution is -2.50. The minimum absolute atomic E-state index is 0.0591. The van der Waals surface area contributed by atoms with Crippen LogP contribution in [0.5, 0.6) is 5.75 Å². The smallest absolute Gasteiger partial charge is 0.258 e. The van der Waals surface area contributed by atoms with Gasteiger partial charge in [-0.3, -0.25) is 14.5 Å². The zero-order chi connectivity index (χ0) is 29.6. The Labute approximate surface area is 243 Å². The maximum Gasteiger partial charge on any atom is 0.258 e. The molecule has 11 nitrogen and oxygen atoms in total. The van der Waals surface area contributed by atoms with Crippen LogP contribution in [0, 0.1) is 0 Å². The highest BCUT2D eigenvalue weighted by Gasteiger charge is 2.30. The van der Waals surface area contributed by atoms with Gasteiger partial charge in [0, 0.05) is 73.4 Å². The lowest BCUT2D eigenvalue weighted by atomic mass is 9.99. The van der Waals surface area contributed by atoms with Crippen molar-refractivity contribution < 1.29 is 22.7 Å². The summed E-state index contributed by atoms with van der Waals surface area (Å²) in [5.74, 6) is -0.435. The predicted molar refractivity (Wildman–Crippen MR) is 159 cm³/mol. The Morgan fingerprint density at radius 2 is 1.71 bits per heavy atom. The summed E-state index contributed by atoms with van der Waals surface area (Å²) in [6.07, 6.45) is 0.939. The topological polar surface area (TPSA) is 115 Å². The Bertz CT molecular complexity index is 1330. The molecule has 2 amide bonds. The van der Waals surface area contributed by atoms with Gasteiger partial charge in [-0.2, -0.15) is 0 Å². The summed E-state index contributed by atoms with van der Waals surface area (Å²) in [7, 11) is 1.14. The molecule has 2 heterocycles. The molecule has 224 valence electrons. The lowest BCUT2D eigenvalue weighted by Gasteiger charge is -2.35. The molecular formula is C29H42N6O5S. The molecule has 2 N–H and O–H groups in total. The van der Waals surface area contributed by atoms with Gasteiger partial charge in [0.25, 0.3) is 5.91 Å². The number of nitrogens with one attached hydrogen (secondary N) is 2. The highest BCUT2D eigenvalue weighted by atomic mass is 32.2. The van der Waals surface area contributed by atoms with Gasteiger partial charge in [0.2, 0.25) is 15.9 Å². The average molecular weight is 587 g/mol. The van der Waals surface area contributed by atoms with Crippen LogP contribution in [-0.2, 0) is 32.6 Å². The molecular weight excluding hydrogens is 544 g/mol. The number of nitrogens with zero attached hydrogens (tertiary/aromatic N) is 4. The second kappa shape index (κ2) is 13.6. The normalized spacial score (nSPS) is 17.1. The van der Waals surface area contributed by atoms with Crippen molar-refractivity contribution in [3.05, 3.63) is 53.6 Å². The Kier molecular flexibility index (Phi) is 10.2. The van der Waals surface area contributed by atoms with Crippen molar-refractivity contribution in [1.82, 2.24) is 24.7 Å². The van der Waals surface area contributed by atoms with Crippen molar-refractivity contribution in [3.8, 4) is 5.75 Å². The number of rotatable bonds is 11. The Morgan fingerprint density at radius 3 is 2.39 bits per heavy atom. The fraction of sp³-hybridized carbons (Fsp3) is 0.517. The van der Waals surface area contributed by atoms with E-state index in [2.05, 4.69) is 32.6 Å². The van der Waals surface area contributed by atoms with Crippen molar-refractivity contribution in [1.29, 1.82) is 0 Å². The third kappa shape index (κ3) is 7.97. The number of likely N-dealkylation sites (N-methyl/N-ethyl adjacent to an activating group) is 1. The van der Waals surface area contributed by atoms with Crippen molar-refractivity contribution in [3.63, 3.8) is 0 Å². The van der Waals surface area contributed by atoms with Crippen LogP contribution < -0.4 is 20.3 Å². The second-order valence-corrected chi connectivity index (χ2v) is 13.0. The van der Waals surface area contributed by atoms with Gasteiger partial charge in [-0.15, -0.1) is 0 Å². The minimum Gasteiger partial charge on any atom is -0.482 e. The second-order valence-electron chi connectivity index (χ2n) is 10.9. The highest BCUT2D eigenvalue weighted by Crippen LogP contribution is 2.36. The number of benzene rings is 2. The van der Waals surface area contributed by atoms with Crippen LogP contribution in [0.25, 0.3) is 0 Å². The summed E-state index contributed by atoms with van der Waals surface area (Å²) in [4.78, 5) is 31.3. The third-order valence-electron chi connectivity index (χ3n) is 7.54. The molecule has 0 saturated carbocycles. The molecule has 2 aromatic rings. The van der Waals surface area contributed by atoms with E-state index in [0.29, 0.717) is 25.3 Å². The standard InChI is InChI=1S/C29H42N6O5S/c1-22(36)31-25(20-34-13-12-23-8-5-6-9-24(23)19-34)18-30-28(37)21-40-27-11-7-10-26(29(27)41(38,39)32(2)3)35-16-14-33(4)15-17-35/h5-11,25H,12-21H2,1-4H3,(H,30,37)(H,31,36)/t25-/m1/s1. The maximum absolute atomic E-state index is 13.4. The van der Waals surface area contributed by atoms with Crippen molar-refractivity contribution >= 4 is 27.5 Å². The minimum atomic E-state index is -3.86. The van der Waals surface area contributed by atoms with Crippen molar-refractivity contribution in [2.75, 3.05) is 78.5 Å². The molecule has 12 heteroatoms. The molecule has 1 atom stereocenters. The molecule has 2 aromatic carbocycles. The summed E-state index contributed by atoms with van der Waals surface area (Å²) in [6, 6.07) is 13.2. The largest absolute Gasteiger partial charge is 0.482 e. The van der Waals surface area contributed by atoms with E-state index in [9.17, 15) is 18.0 Å². The first-order valence-electron chi connectivity index (χ1n) is 14.0. The van der Waals surface area contributed by atoms with Gasteiger partial charge in [0.05, 0.1) is 11.7 Å². The molecule has 2 aliphatic rings. The molecule has 0 bridgehead atoms. The zero-order valence-electron chi connectivity index (χ0n) is 24.4. The average Bonchev–Trinajstić information content (AvgIpc) is 2.94. The van der Waals surface area contributed by atoms with Crippen LogP contribution in [0.2, 0.25) is 0 Å². The van der Waals surface area contributed by atoms with Crippen LogP contribution in [0.3, 0.4) is 0 Å². The third-order valence-corrected chi connectivity index (χ3v) is 9.43. The first kappa shape index (κ1) is 30.8. The van der Waals surface area contributed by atoms with Crippen LogP contribution in [0.1, 0.15) is 18.1 Å². The molecule has 0 aromatic heterocycles. The van der Waals surface area contributed by atoms with E-state index in [1.165, 1.54) is 32.1 Å². The van der Waals surface area contributed by atoms with Crippen molar-refractivity contribution in [2.45, 2.75) is 30.8 Å². The summed E-state index contributed by atoms with van der Waals surface area (Å²) >= 11 is 0. The summed E-state index contributed by atoms with van der Waals surface area (Å²) in [5, 5.41) is 5.79. The molecule has 2 aliphatic heterocycles. The summed E-state index contributed by atoms with van der Waals surface area (Å²) in [5.41, 5.74) is 3.19. The number of carbonyl (C=O) groups excluding carboxylic acids is 2.